The SMILES string of the molecule is CCC(c1ccccc1Cl)C1CNC2SC(=O)C=C2C1.Cl. The van der Waals surface area contributed by atoms with Crippen LogP contribution in [0.3, 0.4) is 0 Å². The van der Waals surface area contributed by atoms with Crippen LogP contribution in [0.5, 0.6) is 0 Å². The Bertz CT molecular complexity index is 561. The van der Waals surface area contributed by atoms with Gasteiger partial charge in [-0.25, -0.2) is 0 Å². The van der Waals surface area contributed by atoms with Gasteiger partial charge in [0.15, 0.2) is 0 Å². The summed E-state index contributed by atoms with van der Waals surface area (Å²) in [7, 11) is 0. The molecule has 1 fully saturated rings. The molecule has 2 heterocycles. The van der Waals surface area contributed by atoms with Crippen LogP contribution < -0.4 is 5.32 Å². The first-order valence-corrected chi connectivity index (χ1v) is 8.33. The Kier molecular flexibility index (Phi) is 5.78. The van der Waals surface area contributed by atoms with Crippen LogP contribution in [0.15, 0.2) is 35.9 Å². The minimum Gasteiger partial charge on any atom is -0.301 e. The fourth-order valence-electron chi connectivity index (χ4n) is 3.29. The van der Waals surface area contributed by atoms with Gasteiger partial charge < -0.3 is 5.32 Å². The molecule has 0 amide bonds. The minimum absolute atomic E-state index is 0. The second-order valence-corrected chi connectivity index (χ2v) is 6.96. The van der Waals surface area contributed by atoms with Crippen molar-refractivity contribution in [2.24, 2.45) is 5.92 Å². The van der Waals surface area contributed by atoms with Crippen molar-refractivity contribution < 1.29 is 4.79 Å². The molecule has 2 aliphatic rings. The smallest absolute Gasteiger partial charge is 0.214 e. The summed E-state index contributed by atoms with van der Waals surface area (Å²) in [6.07, 6.45) is 3.88. The van der Waals surface area contributed by atoms with Crippen molar-refractivity contribution in [3.63, 3.8) is 0 Å². The quantitative estimate of drug-likeness (QED) is 0.882. The third kappa shape index (κ3) is 3.48. The molecule has 21 heavy (non-hydrogen) atoms. The molecule has 1 N–H and O–H groups in total. The Morgan fingerprint density at radius 2 is 2.19 bits per heavy atom. The predicted molar refractivity (Wildman–Crippen MR) is 92.3 cm³/mol. The lowest BCUT2D eigenvalue weighted by Gasteiger charge is -2.34. The minimum atomic E-state index is 0. The summed E-state index contributed by atoms with van der Waals surface area (Å²) in [5.74, 6) is 0.952. The lowest BCUT2D eigenvalue weighted by Crippen LogP contribution is -2.39. The van der Waals surface area contributed by atoms with E-state index in [0.29, 0.717) is 11.8 Å². The molecule has 0 aromatic heterocycles. The summed E-state index contributed by atoms with van der Waals surface area (Å²) < 4.78 is 0. The summed E-state index contributed by atoms with van der Waals surface area (Å²) in [6.45, 7) is 3.16. The highest BCUT2D eigenvalue weighted by atomic mass is 35.5. The Morgan fingerprint density at radius 1 is 1.43 bits per heavy atom. The Hall–Kier alpha value is -0.480. The Labute approximate surface area is 141 Å². The van der Waals surface area contributed by atoms with Crippen LogP contribution in [0.4, 0.5) is 0 Å². The van der Waals surface area contributed by atoms with Crippen molar-refractivity contribution in [2.75, 3.05) is 6.54 Å². The molecule has 2 aliphatic heterocycles. The highest BCUT2D eigenvalue weighted by Gasteiger charge is 2.35. The van der Waals surface area contributed by atoms with Crippen molar-refractivity contribution in [1.29, 1.82) is 0 Å². The first-order chi connectivity index (χ1) is 9.69. The predicted octanol–water partition coefficient (Wildman–Crippen LogP) is 4.39. The lowest BCUT2D eigenvalue weighted by molar-refractivity contribution is -0.106. The van der Waals surface area contributed by atoms with E-state index in [1.54, 1.807) is 0 Å². The molecule has 3 atom stereocenters. The number of halogens is 2. The number of hydrogen-bond donors (Lipinski definition) is 1. The second-order valence-electron chi connectivity index (χ2n) is 5.44. The fraction of sp³-hybridized carbons (Fsp3) is 0.438. The molecule has 0 saturated carbocycles. The monoisotopic (exact) mass is 343 g/mol. The van der Waals surface area contributed by atoms with E-state index in [9.17, 15) is 4.79 Å². The largest absolute Gasteiger partial charge is 0.301 e. The summed E-state index contributed by atoms with van der Waals surface area (Å²) in [5.41, 5.74) is 2.49. The third-order valence-corrected chi connectivity index (χ3v) is 5.65. The van der Waals surface area contributed by atoms with E-state index in [-0.39, 0.29) is 22.9 Å². The normalized spacial score (nSPS) is 25.8. The zero-order valence-corrected chi connectivity index (χ0v) is 14.2. The third-order valence-electron chi connectivity index (χ3n) is 4.25. The molecular weight excluding hydrogens is 325 g/mol. The first kappa shape index (κ1) is 16.9. The number of nitrogens with one attached hydrogen (secondary N) is 1. The number of piperidine rings is 1. The maximum Gasteiger partial charge on any atom is 0.214 e. The van der Waals surface area contributed by atoms with Crippen LogP contribution in [0.2, 0.25) is 5.02 Å². The van der Waals surface area contributed by atoms with Gasteiger partial charge in [-0.05, 0) is 48.0 Å². The van der Waals surface area contributed by atoms with Crippen molar-refractivity contribution in [3.8, 4) is 0 Å². The van der Waals surface area contributed by atoms with Gasteiger partial charge >= 0.3 is 0 Å². The van der Waals surface area contributed by atoms with E-state index in [1.165, 1.54) is 22.9 Å². The average molecular weight is 344 g/mol. The van der Waals surface area contributed by atoms with Gasteiger partial charge in [0.05, 0.1) is 5.37 Å². The number of carbonyl (C=O) groups excluding carboxylic acids is 1. The van der Waals surface area contributed by atoms with Crippen molar-refractivity contribution in [1.82, 2.24) is 5.32 Å². The maximum atomic E-state index is 11.5. The molecule has 0 spiro atoms. The molecule has 0 aliphatic carbocycles. The summed E-state index contributed by atoms with van der Waals surface area (Å²) in [4.78, 5) is 11.5. The standard InChI is InChI=1S/C16H18ClNOS.ClH/c1-2-12(13-5-3-4-6-14(13)17)11-7-10-8-15(19)20-16(10)18-9-11;/h3-6,8,11-12,16,18H,2,7,9H2,1H3;1H. The topological polar surface area (TPSA) is 29.1 Å². The van der Waals surface area contributed by atoms with E-state index in [4.69, 9.17) is 11.6 Å². The van der Waals surface area contributed by atoms with Gasteiger partial charge in [-0.3, -0.25) is 4.79 Å². The van der Waals surface area contributed by atoms with Crippen LogP contribution in [0.25, 0.3) is 0 Å². The van der Waals surface area contributed by atoms with Crippen LogP contribution in [-0.4, -0.2) is 17.0 Å². The zero-order chi connectivity index (χ0) is 14.1. The zero-order valence-electron chi connectivity index (χ0n) is 11.8. The molecule has 2 nitrogen and oxygen atoms in total. The summed E-state index contributed by atoms with van der Waals surface area (Å²) in [6, 6.07) is 8.12. The number of hydrogen-bond acceptors (Lipinski definition) is 3. The van der Waals surface area contributed by atoms with Crippen LogP contribution >= 0.6 is 35.8 Å². The molecule has 3 unspecified atom stereocenters. The number of thioether (sulfide) groups is 1. The molecule has 114 valence electrons. The average Bonchev–Trinajstić information content (AvgIpc) is 2.81. The van der Waals surface area contributed by atoms with Gasteiger partial charge in [-0.2, -0.15) is 0 Å². The highest BCUT2D eigenvalue weighted by Crippen LogP contribution is 2.41. The van der Waals surface area contributed by atoms with Crippen molar-refractivity contribution in [2.45, 2.75) is 31.1 Å². The fourth-order valence-corrected chi connectivity index (χ4v) is 4.52. The number of carbonyl (C=O) groups is 1. The summed E-state index contributed by atoms with van der Waals surface area (Å²) in [5, 5.41) is 4.75. The van der Waals surface area contributed by atoms with E-state index < -0.39 is 0 Å². The Balaban J connectivity index is 0.00000161. The van der Waals surface area contributed by atoms with Gasteiger partial charge in [-0.1, -0.05) is 48.5 Å². The van der Waals surface area contributed by atoms with E-state index >= 15 is 0 Å². The molecule has 1 aromatic carbocycles. The van der Waals surface area contributed by atoms with E-state index in [2.05, 4.69) is 24.4 Å². The molecular formula is C16H19Cl2NOS. The van der Waals surface area contributed by atoms with Crippen molar-refractivity contribution >= 4 is 40.9 Å². The van der Waals surface area contributed by atoms with Gasteiger partial charge in [0.25, 0.3) is 0 Å². The van der Waals surface area contributed by atoms with E-state index in [0.717, 1.165) is 24.4 Å². The molecule has 0 bridgehead atoms. The van der Waals surface area contributed by atoms with Gasteiger partial charge in [0, 0.05) is 11.6 Å². The van der Waals surface area contributed by atoms with Crippen molar-refractivity contribution in [3.05, 3.63) is 46.5 Å². The first-order valence-electron chi connectivity index (χ1n) is 7.08. The molecule has 1 aromatic rings. The van der Waals surface area contributed by atoms with Crippen LogP contribution in [0, 0.1) is 5.92 Å². The van der Waals surface area contributed by atoms with Crippen LogP contribution in [-0.2, 0) is 4.79 Å². The van der Waals surface area contributed by atoms with Gasteiger partial charge in [0.2, 0.25) is 5.12 Å². The van der Waals surface area contributed by atoms with E-state index in [1.807, 2.05) is 18.2 Å². The number of benzene rings is 1. The van der Waals surface area contributed by atoms with Crippen LogP contribution in [0.1, 0.15) is 31.2 Å². The van der Waals surface area contributed by atoms with Gasteiger partial charge in [-0.15, -0.1) is 12.4 Å². The number of rotatable bonds is 3. The molecule has 0 radical (unpaired) electrons. The molecule has 3 rings (SSSR count). The second kappa shape index (κ2) is 7.19. The number of fused-ring (bicyclic) bond motifs is 1. The lowest BCUT2D eigenvalue weighted by atomic mass is 9.78. The maximum absolute atomic E-state index is 11.5. The summed E-state index contributed by atoms with van der Waals surface area (Å²) >= 11 is 7.76. The highest BCUT2D eigenvalue weighted by molar-refractivity contribution is 8.15. The Morgan fingerprint density at radius 3 is 2.90 bits per heavy atom. The molecule has 1 saturated heterocycles. The van der Waals surface area contributed by atoms with Gasteiger partial charge in [0.1, 0.15) is 0 Å². The molecule has 5 heteroatoms.